The Morgan fingerprint density at radius 1 is 1.18 bits per heavy atom. The summed E-state index contributed by atoms with van der Waals surface area (Å²) in [7, 11) is 0. The minimum Gasteiger partial charge on any atom is -0.342 e. The van der Waals surface area contributed by atoms with E-state index in [9.17, 15) is 9.59 Å². The molecular formula is C17H23N3O2. The summed E-state index contributed by atoms with van der Waals surface area (Å²) in [4.78, 5) is 26.3. The first-order valence-electron chi connectivity index (χ1n) is 7.94. The van der Waals surface area contributed by atoms with E-state index in [1.165, 1.54) is 5.56 Å². The highest BCUT2D eigenvalue weighted by Gasteiger charge is 2.44. The van der Waals surface area contributed by atoms with Crippen molar-refractivity contribution < 1.29 is 9.59 Å². The molecule has 0 aliphatic carbocycles. The third-order valence-electron chi connectivity index (χ3n) is 4.84. The van der Waals surface area contributed by atoms with E-state index in [0.717, 1.165) is 5.56 Å². The zero-order valence-corrected chi connectivity index (χ0v) is 13.2. The molecule has 2 fully saturated rings. The van der Waals surface area contributed by atoms with Crippen LogP contribution >= 0.6 is 0 Å². The lowest BCUT2D eigenvalue weighted by Crippen LogP contribution is -2.55. The van der Waals surface area contributed by atoms with Crippen molar-refractivity contribution in [3.63, 3.8) is 0 Å². The molecule has 2 aliphatic rings. The van der Waals surface area contributed by atoms with Gasteiger partial charge in [-0.3, -0.25) is 14.9 Å². The van der Waals surface area contributed by atoms with Crippen molar-refractivity contribution >= 4 is 11.8 Å². The van der Waals surface area contributed by atoms with Crippen molar-refractivity contribution in [1.29, 1.82) is 0 Å². The lowest BCUT2D eigenvalue weighted by molar-refractivity contribution is -0.125. The second kappa shape index (κ2) is 5.72. The molecular weight excluding hydrogens is 278 g/mol. The summed E-state index contributed by atoms with van der Waals surface area (Å²) in [6.07, 6.45) is 1.35. The summed E-state index contributed by atoms with van der Waals surface area (Å²) in [6, 6.07) is 7.86. The van der Waals surface area contributed by atoms with Gasteiger partial charge in [-0.15, -0.1) is 0 Å². The number of hydrogen-bond donors (Lipinski definition) is 2. The number of amides is 2. The van der Waals surface area contributed by atoms with E-state index < -0.39 is 5.54 Å². The first-order chi connectivity index (χ1) is 10.5. The normalized spacial score (nSPS) is 20.5. The minimum atomic E-state index is -0.460. The molecule has 2 saturated heterocycles. The van der Waals surface area contributed by atoms with Gasteiger partial charge in [0, 0.05) is 18.7 Å². The Hall–Kier alpha value is -1.88. The molecule has 0 unspecified atom stereocenters. The number of nitrogens with one attached hydrogen (secondary N) is 2. The maximum atomic E-state index is 12.6. The van der Waals surface area contributed by atoms with Gasteiger partial charge in [-0.25, -0.2) is 0 Å². The molecule has 0 bridgehead atoms. The molecule has 5 heteroatoms. The van der Waals surface area contributed by atoms with Crippen molar-refractivity contribution in [2.75, 3.05) is 19.8 Å². The van der Waals surface area contributed by atoms with Crippen molar-refractivity contribution in [2.45, 2.75) is 38.1 Å². The molecule has 22 heavy (non-hydrogen) atoms. The number of likely N-dealkylation sites (tertiary alicyclic amines) is 1. The number of rotatable bonds is 2. The Bertz CT molecular complexity index is 572. The number of piperidine rings is 1. The van der Waals surface area contributed by atoms with Gasteiger partial charge in [-0.2, -0.15) is 0 Å². The number of benzene rings is 1. The third-order valence-corrected chi connectivity index (χ3v) is 4.84. The van der Waals surface area contributed by atoms with Crippen LogP contribution in [-0.2, 0) is 4.79 Å². The molecule has 1 aromatic rings. The maximum absolute atomic E-state index is 12.6. The van der Waals surface area contributed by atoms with Gasteiger partial charge in [0.05, 0.1) is 6.67 Å². The van der Waals surface area contributed by atoms with E-state index in [1.807, 2.05) is 29.2 Å². The molecule has 0 atom stereocenters. The third kappa shape index (κ3) is 2.61. The predicted octanol–water partition coefficient (Wildman–Crippen LogP) is 1.46. The van der Waals surface area contributed by atoms with E-state index in [2.05, 4.69) is 24.5 Å². The van der Waals surface area contributed by atoms with Gasteiger partial charge in [-0.1, -0.05) is 26.0 Å². The second-order valence-electron chi connectivity index (χ2n) is 6.51. The van der Waals surface area contributed by atoms with Crippen LogP contribution in [0.3, 0.4) is 0 Å². The highest BCUT2D eigenvalue weighted by Crippen LogP contribution is 2.26. The largest absolute Gasteiger partial charge is 0.342 e. The summed E-state index contributed by atoms with van der Waals surface area (Å²) < 4.78 is 0. The predicted molar refractivity (Wildman–Crippen MR) is 84.5 cm³/mol. The lowest BCUT2D eigenvalue weighted by Gasteiger charge is -2.37. The molecule has 0 aromatic heterocycles. The Labute approximate surface area is 131 Å². The van der Waals surface area contributed by atoms with Crippen LogP contribution in [0.15, 0.2) is 24.3 Å². The number of carbonyl (C=O) groups excluding carboxylic acids is 2. The van der Waals surface area contributed by atoms with E-state index >= 15 is 0 Å². The van der Waals surface area contributed by atoms with Crippen LogP contribution in [0.4, 0.5) is 0 Å². The summed E-state index contributed by atoms with van der Waals surface area (Å²) in [5.41, 5.74) is 1.50. The highest BCUT2D eigenvalue weighted by molar-refractivity contribution is 5.95. The van der Waals surface area contributed by atoms with Crippen molar-refractivity contribution in [3.05, 3.63) is 35.4 Å². The van der Waals surface area contributed by atoms with Crippen LogP contribution in [-0.4, -0.2) is 42.0 Å². The van der Waals surface area contributed by atoms with Gasteiger partial charge in [0.1, 0.15) is 5.54 Å². The SMILES string of the molecule is CC(C)c1ccc(C(=O)N2CCC3(CC2)NCNC3=O)cc1. The van der Waals surface area contributed by atoms with Crippen LogP contribution in [0, 0.1) is 0 Å². The van der Waals surface area contributed by atoms with E-state index in [4.69, 9.17) is 0 Å². The van der Waals surface area contributed by atoms with Gasteiger partial charge in [-0.05, 0) is 36.5 Å². The van der Waals surface area contributed by atoms with E-state index in [0.29, 0.717) is 38.5 Å². The zero-order chi connectivity index (χ0) is 15.7. The molecule has 2 N–H and O–H groups in total. The first-order valence-corrected chi connectivity index (χ1v) is 7.94. The fourth-order valence-electron chi connectivity index (χ4n) is 3.23. The number of nitrogens with zero attached hydrogens (tertiary/aromatic N) is 1. The first kappa shape index (κ1) is 15.0. The van der Waals surface area contributed by atoms with Gasteiger partial charge in [0.15, 0.2) is 0 Å². The van der Waals surface area contributed by atoms with Gasteiger partial charge < -0.3 is 10.2 Å². The summed E-state index contributed by atoms with van der Waals surface area (Å²) in [6.45, 7) is 6.04. The molecule has 118 valence electrons. The van der Waals surface area contributed by atoms with Gasteiger partial charge in [0.25, 0.3) is 5.91 Å². The molecule has 2 amide bonds. The molecule has 5 nitrogen and oxygen atoms in total. The van der Waals surface area contributed by atoms with E-state index in [1.54, 1.807) is 0 Å². The Morgan fingerprint density at radius 3 is 2.32 bits per heavy atom. The summed E-state index contributed by atoms with van der Waals surface area (Å²) >= 11 is 0. The minimum absolute atomic E-state index is 0.0589. The average Bonchev–Trinajstić information content (AvgIpc) is 2.88. The van der Waals surface area contributed by atoms with E-state index in [-0.39, 0.29) is 11.8 Å². The Balaban J connectivity index is 1.65. The van der Waals surface area contributed by atoms with Crippen molar-refractivity contribution in [1.82, 2.24) is 15.5 Å². The van der Waals surface area contributed by atoms with Gasteiger partial charge >= 0.3 is 0 Å². The number of carbonyl (C=O) groups is 2. The molecule has 0 saturated carbocycles. The fourth-order valence-corrected chi connectivity index (χ4v) is 3.23. The highest BCUT2D eigenvalue weighted by atomic mass is 16.2. The maximum Gasteiger partial charge on any atom is 0.253 e. The monoisotopic (exact) mass is 301 g/mol. The van der Waals surface area contributed by atoms with Crippen LogP contribution < -0.4 is 10.6 Å². The van der Waals surface area contributed by atoms with Gasteiger partial charge in [0.2, 0.25) is 5.91 Å². The molecule has 1 aromatic carbocycles. The molecule has 1 spiro atoms. The smallest absolute Gasteiger partial charge is 0.253 e. The molecule has 0 radical (unpaired) electrons. The number of hydrogen-bond acceptors (Lipinski definition) is 3. The van der Waals surface area contributed by atoms with Crippen molar-refractivity contribution in [3.8, 4) is 0 Å². The lowest BCUT2D eigenvalue weighted by atomic mass is 9.87. The van der Waals surface area contributed by atoms with Crippen molar-refractivity contribution in [2.24, 2.45) is 0 Å². The van der Waals surface area contributed by atoms with Crippen LogP contribution in [0.25, 0.3) is 0 Å². The quantitative estimate of drug-likeness (QED) is 0.869. The molecule has 3 rings (SSSR count). The van der Waals surface area contributed by atoms with Crippen LogP contribution in [0.5, 0.6) is 0 Å². The zero-order valence-electron chi connectivity index (χ0n) is 13.2. The molecule has 2 heterocycles. The summed E-state index contributed by atoms with van der Waals surface area (Å²) in [5, 5.41) is 6.06. The van der Waals surface area contributed by atoms with Crippen LogP contribution in [0.1, 0.15) is 48.5 Å². The average molecular weight is 301 g/mol. The molecule has 2 aliphatic heterocycles. The second-order valence-corrected chi connectivity index (χ2v) is 6.51. The van der Waals surface area contributed by atoms with Crippen LogP contribution in [0.2, 0.25) is 0 Å². The summed E-state index contributed by atoms with van der Waals surface area (Å²) in [5.74, 6) is 0.593. The standard InChI is InChI=1S/C17H23N3O2/c1-12(2)13-3-5-14(6-4-13)15(21)20-9-7-17(8-10-20)16(22)18-11-19-17/h3-6,12,19H,7-11H2,1-2H3,(H,18,22). The fraction of sp³-hybridized carbons (Fsp3) is 0.529. The topological polar surface area (TPSA) is 61.4 Å². The Kier molecular flexibility index (Phi) is 3.91. The Morgan fingerprint density at radius 2 is 1.82 bits per heavy atom.